The molecule has 1 saturated carbocycles. The first kappa shape index (κ1) is 23.0. The number of anilines is 1. The van der Waals surface area contributed by atoms with Crippen LogP contribution in [0.3, 0.4) is 0 Å². The summed E-state index contributed by atoms with van der Waals surface area (Å²) in [6.45, 7) is 6.62. The number of aromatic nitrogens is 1. The van der Waals surface area contributed by atoms with Crippen LogP contribution in [0.5, 0.6) is 0 Å². The van der Waals surface area contributed by atoms with Gasteiger partial charge in [-0.05, 0) is 60.9 Å². The van der Waals surface area contributed by atoms with E-state index in [1.807, 2.05) is 43.3 Å². The molecule has 1 aromatic carbocycles. The van der Waals surface area contributed by atoms with Crippen molar-refractivity contribution >= 4 is 18.4 Å². The van der Waals surface area contributed by atoms with Crippen LogP contribution in [-0.2, 0) is 9.09 Å². The Balaban J connectivity index is 2.01. The highest BCUT2D eigenvalue weighted by Gasteiger charge is 2.42. The number of aliphatic hydroxyl groups excluding tert-OH is 1. The van der Waals surface area contributed by atoms with Crippen LogP contribution >= 0.6 is 7.37 Å². The molecule has 0 amide bonds. The lowest BCUT2D eigenvalue weighted by molar-refractivity contribution is 0.0427. The van der Waals surface area contributed by atoms with Gasteiger partial charge in [0.25, 0.3) is 7.37 Å². The zero-order valence-electron chi connectivity index (χ0n) is 18.7. The maximum Gasteiger partial charge on any atom is 0.264 e. The van der Waals surface area contributed by atoms with Gasteiger partial charge in [0.05, 0.1) is 6.10 Å². The molecule has 164 valence electrons. The molecule has 1 aliphatic rings. The molecule has 0 radical (unpaired) electrons. The van der Waals surface area contributed by atoms with E-state index in [9.17, 15) is 9.67 Å². The van der Waals surface area contributed by atoms with Gasteiger partial charge in [-0.1, -0.05) is 33.3 Å². The molecule has 0 aliphatic heterocycles. The third-order valence-corrected chi connectivity index (χ3v) is 8.83. The second kappa shape index (κ2) is 9.64. The third kappa shape index (κ3) is 4.96. The summed E-state index contributed by atoms with van der Waals surface area (Å²) in [5.74, 6) is 0.0332. The molecule has 1 aromatic heterocycles. The summed E-state index contributed by atoms with van der Waals surface area (Å²) >= 11 is 0. The molecule has 1 aliphatic carbocycles. The van der Waals surface area contributed by atoms with Crippen molar-refractivity contribution in [2.75, 3.05) is 19.0 Å². The lowest BCUT2D eigenvalue weighted by atomic mass is 9.75. The Bertz CT molecular complexity index is 855. The van der Waals surface area contributed by atoms with Crippen molar-refractivity contribution in [3.8, 4) is 0 Å². The van der Waals surface area contributed by atoms with Crippen LogP contribution in [0.15, 0.2) is 48.8 Å². The SMILES string of the molecule is CC(C)[C@@H]1CC[C@H](C)C[C@H]1O[P@](=O)(c1ccc(N(C)C)cc1)[C@H](O)c1cccnc1. The van der Waals surface area contributed by atoms with Gasteiger partial charge in [-0.25, -0.2) is 0 Å². The van der Waals surface area contributed by atoms with Gasteiger partial charge in [0.15, 0.2) is 5.85 Å². The first-order valence-corrected chi connectivity index (χ1v) is 12.6. The Hall–Kier alpha value is -1.68. The van der Waals surface area contributed by atoms with Crippen LogP contribution in [0.4, 0.5) is 5.69 Å². The van der Waals surface area contributed by atoms with Crippen molar-refractivity contribution in [3.05, 3.63) is 54.4 Å². The van der Waals surface area contributed by atoms with Gasteiger partial charge in [-0.15, -0.1) is 0 Å². The summed E-state index contributed by atoms with van der Waals surface area (Å²) < 4.78 is 20.9. The highest BCUT2D eigenvalue weighted by molar-refractivity contribution is 7.67. The molecule has 6 heteroatoms. The number of rotatable bonds is 7. The van der Waals surface area contributed by atoms with E-state index in [0.29, 0.717) is 28.6 Å². The maximum atomic E-state index is 14.4. The quantitative estimate of drug-likeness (QED) is 0.610. The minimum atomic E-state index is -3.61. The Morgan fingerprint density at radius 3 is 2.43 bits per heavy atom. The van der Waals surface area contributed by atoms with E-state index in [1.165, 1.54) is 0 Å². The van der Waals surface area contributed by atoms with Gasteiger partial charge in [0.1, 0.15) is 0 Å². The lowest BCUT2D eigenvalue weighted by Gasteiger charge is -2.39. The van der Waals surface area contributed by atoms with Gasteiger partial charge < -0.3 is 14.5 Å². The van der Waals surface area contributed by atoms with Crippen molar-refractivity contribution in [2.24, 2.45) is 17.8 Å². The summed E-state index contributed by atoms with van der Waals surface area (Å²) in [5, 5.41) is 11.8. The minimum absolute atomic E-state index is 0.139. The van der Waals surface area contributed by atoms with Crippen LogP contribution in [-0.4, -0.2) is 30.3 Å². The van der Waals surface area contributed by atoms with Crippen molar-refractivity contribution in [1.29, 1.82) is 0 Å². The fourth-order valence-electron chi connectivity index (χ4n) is 4.38. The number of nitrogens with zero attached hydrogens (tertiary/aromatic N) is 2. The number of hydrogen-bond donors (Lipinski definition) is 1. The molecule has 0 bridgehead atoms. The maximum absolute atomic E-state index is 14.4. The molecule has 0 unspecified atom stereocenters. The van der Waals surface area contributed by atoms with Gasteiger partial charge in [-0.2, -0.15) is 0 Å². The largest absolute Gasteiger partial charge is 0.378 e. The number of hydrogen-bond acceptors (Lipinski definition) is 5. The summed E-state index contributed by atoms with van der Waals surface area (Å²) in [6.07, 6.45) is 6.16. The molecule has 5 nitrogen and oxygen atoms in total. The standard InChI is InChI=1S/C24H35N2O3P/c1-17(2)22-13-8-18(3)15-23(22)29-30(28,24(27)19-7-6-14-25-16-19)21-11-9-20(10-12-21)26(4)5/h6-7,9-12,14,16-18,22-24,27H,8,13,15H2,1-5H3/t18-,22-,23+,24-,30+/m0/s1. The molecule has 30 heavy (non-hydrogen) atoms. The first-order valence-electron chi connectivity index (χ1n) is 10.9. The second-order valence-corrected chi connectivity index (χ2v) is 11.5. The van der Waals surface area contributed by atoms with E-state index in [-0.39, 0.29) is 6.10 Å². The predicted molar refractivity (Wildman–Crippen MR) is 123 cm³/mol. The van der Waals surface area contributed by atoms with Gasteiger partial charge in [0, 0.05) is 43.0 Å². The van der Waals surface area contributed by atoms with Crippen LogP contribution < -0.4 is 10.2 Å². The van der Waals surface area contributed by atoms with E-state index in [1.54, 1.807) is 24.5 Å². The normalized spacial score (nSPS) is 25.0. The first-order chi connectivity index (χ1) is 14.2. The van der Waals surface area contributed by atoms with Crippen LogP contribution in [0.1, 0.15) is 51.4 Å². The van der Waals surface area contributed by atoms with E-state index in [2.05, 4.69) is 25.8 Å². The molecule has 2 aromatic rings. The molecule has 0 saturated heterocycles. The summed E-state index contributed by atoms with van der Waals surface area (Å²) in [5.41, 5.74) is 1.52. The van der Waals surface area contributed by atoms with Gasteiger partial charge in [-0.3, -0.25) is 9.55 Å². The summed E-state index contributed by atoms with van der Waals surface area (Å²) in [6, 6.07) is 11.0. The highest BCUT2D eigenvalue weighted by atomic mass is 31.2. The zero-order chi connectivity index (χ0) is 21.9. The molecule has 5 atom stereocenters. The molecule has 1 heterocycles. The molecular formula is C24H35N2O3P. The van der Waals surface area contributed by atoms with Gasteiger partial charge in [0.2, 0.25) is 0 Å². The zero-order valence-corrected chi connectivity index (χ0v) is 19.6. The second-order valence-electron chi connectivity index (χ2n) is 9.14. The summed E-state index contributed by atoms with van der Waals surface area (Å²) in [7, 11) is 0.319. The summed E-state index contributed by atoms with van der Waals surface area (Å²) in [4.78, 5) is 6.10. The average molecular weight is 431 g/mol. The minimum Gasteiger partial charge on any atom is -0.378 e. The van der Waals surface area contributed by atoms with Crippen molar-refractivity contribution in [1.82, 2.24) is 4.98 Å². The third-order valence-electron chi connectivity index (χ3n) is 6.28. The molecular weight excluding hydrogens is 395 g/mol. The van der Waals surface area contributed by atoms with E-state index in [4.69, 9.17) is 4.52 Å². The lowest BCUT2D eigenvalue weighted by Crippen LogP contribution is -2.35. The highest BCUT2D eigenvalue weighted by Crippen LogP contribution is 2.60. The Morgan fingerprint density at radius 2 is 1.87 bits per heavy atom. The van der Waals surface area contributed by atoms with Gasteiger partial charge >= 0.3 is 0 Å². The topological polar surface area (TPSA) is 62.7 Å². The predicted octanol–water partition coefficient (Wildman–Crippen LogP) is 5.22. The monoisotopic (exact) mass is 430 g/mol. The smallest absolute Gasteiger partial charge is 0.264 e. The van der Waals surface area contributed by atoms with Crippen LogP contribution in [0, 0.1) is 17.8 Å². The Morgan fingerprint density at radius 1 is 1.17 bits per heavy atom. The van der Waals surface area contributed by atoms with Crippen molar-refractivity contribution in [2.45, 2.75) is 52.0 Å². The van der Waals surface area contributed by atoms with Crippen LogP contribution in [0.2, 0.25) is 0 Å². The Labute approximate surface area is 180 Å². The average Bonchev–Trinajstić information content (AvgIpc) is 2.73. The molecule has 1 fully saturated rings. The fraction of sp³-hybridized carbons (Fsp3) is 0.542. The van der Waals surface area contributed by atoms with Crippen LogP contribution in [0.25, 0.3) is 0 Å². The van der Waals surface area contributed by atoms with Crippen molar-refractivity contribution < 1.29 is 14.2 Å². The number of aliphatic hydroxyl groups is 1. The van der Waals surface area contributed by atoms with Crippen molar-refractivity contribution in [3.63, 3.8) is 0 Å². The molecule has 3 rings (SSSR count). The Kier molecular flexibility index (Phi) is 7.38. The fourth-order valence-corrected chi connectivity index (χ4v) is 6.65. The van der Waals surface area contributed by atoms with E-state index >= 15 is 0 Å². The van der Waals surface area contributed by atoms with E-state index < -0.39 is 13.2 Å². The van der Waals surface area contributed by atoms with E-state index in [0.717, 1.165) is 24.9 Å². The molecule has 1 N–H and O–H groups in total. The number of benzene rings is 1. The molecule has 0 spiro atoms. The number of pyridine rings is 1.